The Morgan fingerprint density at radius 1 is 0.421 bits per heavy atom. The molecular formula is C50H52N2O5. The number of hydrogen-bond donors (Lipinski definition) is 0. The zero-order valence-corrected chi connectivity index (χ0v) is 33.0. The summed E-state index contributed by atoms with van der Waals surface area (Å²) >= 11 is 0. The van der Waals surface area contributed by atoms with Crippen molar-refractivity contribution in [3.8, 4) is 11.5 Å². The normalized spacial score (nSPS) is 16.9. The van der Waals surface area contributed by atoms with Crippen LogP contribution in [0.4, 0.5) is 34.1 Å². The maximum atomic E-state index is 6.40. The fourth-order valence-corrected chi connectivity index (χ4v) is 7.29. The van der Waals surface area contributed by atoms with Gasteiger partial charge in [0.05, 0.1) is 13.2 Å². The van der Waals surface area contributed by atoms with Gasteiger partial charge in [0.25, 0.3) is 0 Å². The molecule has 0 spiro atoms. The van der Waals surface area contributed by atoms with Crippen molar-refractivity contribution in [2.24, 2.45) is 0 Å². The molecule has 2 saturated heterocycles. The minimum Gasteiger partial charge on any atom is -0.457 e. The monoisotopic (exact) mass is 760 g/mol. The maximum Gasteiger partial charge on any atom is 0.158 e. The molecule has 8 rings (SSSR count). The lowest BCUT2D eigenvalue weighted by atomic mass is 10.1. The molecule has 6 aromatic carbocycles. The summed E-state index contributed by atoms with van der Waals surface area (Å²) in [4.78, 5) is 4.52. The molecule has 2 atom stereocenters. The Kier molecular flexibility index (Phi) is 12.6. The average Bonchev–Trinajstić information content (AvgIpc) is 3.26. The van der Waals surface area contributed by atoms with Gasteiger partial charge in [-0.25, -0.2) is 0 Å². The molecule has 0 aromatic heterocycles. The van der Waals surface area contributed by atoms with E-state index in [1.165, 1.54) is 11.1 Å². The first-order valence-electron chi connectivity index (χ1n) is 20.3. The van der Waals surface area contributed by atoms with E-state index < -0.39 is 0 Å². The van der Waals surface area contributed by atoms with Gasteiger partial charge in [-0.05, 0) is 161 Å². The van der Waals surface area contributed by atoms with E-state index in [0.29, 0.717) is 13.2 Å². The molecular weight excluding hydrogens is 709 g/mol. The minimum absolute atomic E-state index is 0.118. The van der Waals surface area contributed by atoms with Gasteiger partial charge in [-0.15, -0.1) is 0 Å². The third-order valence-electron chi connectivity index (χ3n) is 10.5. The molecule has 292 valence electrons. The second-order valence-electron chi connectivity index (χ2n) is 15.0. The van der Waals surface area contributed by atoms with Crippen LogP contribution in [0.2, 0.25) is 0 Å². The van der Waals surface area contributed by atoms with Crippen LogP contribution in [0.5, 0.6) is 11.5 Å². The Morgan fingerprint density at radius 2 is 0.737 bits per heavy atom. The lowest BCUT2D eigenvalue weighted by Crippen LogP contribution is -2.22. The van der Waals surface area contributed by atoms with Crippen LogP contribution in [-0.4, -0.2) is 25.8 Å². The van der Waals surface area contributed by atoms with Gasteiger partial charge in [-0.3, -0.25) is 0 Å². The molecule has 2 aliphatic rings. The maximum absolute atomic E-state index is 6.40. The number of hydrogen-bond acceptors (Lipinski definition) is 7. The number of rotatable bonds is 14. The highest BCUT2D eigenvalue weighted by molar-refractivity contribution is 5.78. The van der Waals surface area contributed by atoms with Crippen LogP contribution in [-0.2, 0) is 32.2 Å². The van der Waals surface area contributed by atoms with Crippen molar-refractivity contribution in [1.82, 2.24) is 0 Å². The van der Waals surface area contributed by atoms with Crippen LogP contribution >= 0.6 is 0 Å². The van der Waals surface area contributed by atoms with E-state index in [1.54, 1.807) is 0 Å². The van der Waals surface area contributed by atoms with Gasteiger partial charge < -0.3 is 33.5 Å². The number of aryl methyl sites for hydroxylation is 2. The van der Waals surface area contributed by atoms with E-state index >= 15 is 0 Å². The summed E-state index contributed by atoms with van der Waals surface area (Å²) in [6.07, 6.45) is 6.18. The Balaban J connectivity index is 0.994. The Bertz CT molecular complexity index is 2010. The number of benzene rings is 6. The van der Waals surface area contributed by atoms with Crippen LogP contribution in [0.15, 0.2) is 146 Å². The van der Waals surface area contributed by atoms with E-state index in [1.807, 2.05) is 24.3 Å². The summed E-state index contributed by atoms with van der Waals surface area (Å²) in [7, 11) is 0. The van der Waals surface area contributed by atoms with Gasteiger partial charge in [-0.2, -0.15) is 0 Å². The van der Waals surface area contributed by atoms with Crippen LogP contribution in [0.3, 0.4) is 0 Å². The first-order chi connectivity index (χ1) is 28.0. The summed E-state index contributed by atoms with van der Waals surface area (Å²) in [5.41, 5.74) is 11.1. The Hall–Kier alpha value is -5.44. The summed E-state index contributed by atoms with van der Waals surface area (Å²) in [5.74, 6) is 1.53. The van der Waals surface area contributed by atoms with Crippen molar-refractivity contribution in [1.29, 1.82) is 0 Å². The van der Waals surface area contributed by atoms with Gasteiger partial charge in [0.1, 0.15) is 11.5 Å². The Labute approximate surface area is 337 Å². The zero-order valence-electron chi connectivity index (χ0n) is 33.0. The predicted octanol–water partition coefficient (Wildman–Crippen LogP) is 13.1. The van der Waals surface area contributed by atoms with Crippen molar-refractivity contribution in [2.45, 2.75) is 78.2 Å². The van der Waals surface area contributed by atoms with E-state index in [-0.39, 0.29) is 12.6 Å². The van der Waals surface area contributed by atoms with E-state index in [9.17, 15) is 0 Å². The molecule has 0 radical (unpaired) electrons. The fraction of sp³-hybridized carbons (Fsp3) is 0.280. The van der Waals surface area contributed by atoms with Crippen LogP contribution in [0, 0.1) is 13.8 Å². The van der Waals surface area contributed by atoms with Crippen LogP contribution in [0.25, 0.3) is 0 Å². The van der Waals surface area contributed by atoms with Crippen molar-refractivity contribution in [2.75, 3.05) is 23.0 Å². The molecule has 2 fully saturated rings. The van der Waals surface area contributed by atoms with E-state index in [4.69, 9.17) is 23.7 Å². The molecule has 0 aliphatic carbocycles. The smallest absolute Gasteiger partial charge is 0.158 e. The molecule has 2 aliphatic heterocycles. The molecule has 7 heteroatoms. The minimum atomic E-state index is -0.118. The summed E-state index contributed by atoms with van der Waals surface area (Å²) in [5, 5.41) is 0. The highest BCUT2D eigenvalue weighted by atomic mass is 16.7. The zero-order chi connectivity index (χ0) is 38.8. The second-order valence-corrected chi connectivity index (χ2v) is 15.0. The molecule has 7 nitrogen and oxygen atoms in total. The fourth-order valence-electron chi connectivity index (χ4n) is 7.29. The third-order valence-corrected chi connectivity index (χ3v) is 10.5. The van der Waals surface area contributed by atoms with Gasteiger partial charge in [-0.1, -0.05) is 59.7 Å². The molecule has 57 heavy (non-hydrogen) atoms. The van der Waals surface area contributed by atoms with E-state index in [2.05, 4.69) is 145 Å². The lowest BCUT2D eigenvalue weighted by Gasteiger charge is -2.27. The molecule has 2 unspecified atom stereocenters. The average molecular weight is 761 g/mol. The molecule has 0 amide bonds. The highest BCUT2D eigenvalue weighted by Gasteiger charge is 2.18. The van der Waals surface area contributed by atoms with E-state index in [0.717, 1.165) is 108 Å². The Morgan fingerprint density at radius 3 is 1.05 bits per heavy atom. The topological polar surface area (TPSA) is 52.6 Å². The van der Waals surface area contributed by atoms with Crippen molar-refractivity contribution < 1.29 is 23.7 Å². The quantitative estimate of drug-likeness (QED) is 0.110. The molecule has 0 N–H and O–H groups in total. The number of nitrogens with zero attached hydrogens (tertiary/aromatic N) is 2. The van der Waals surface area contributed by atoms with Crippen molar-refractivity contribution in [3.05, 3.63) is 168 Å². The summed E-state index contributed by atoms with van der Waals surface area (Å²) in [6.45, 7) is 6.81. The molecule has 0 saturated carbocycles. The van der Waals surface area contributed by atoms with Gasteiger partial charge in [0.15, 0.2) is 12.6 Å². The van der Waals surface area contributed by atoms with Gasteiger partial charge >= 0.3 is 0 Å². The van der Waals surface area contributed by atoms with Crippen LogP contribution in [0.1, 0.15) is 60.8 Å². The van der Waals surface area contributed by atoms with Gasteiger partial charge in [0.2, 0.25) is 0 Å². The highest BCUT2D eigenvalue weighted by Crippen LogP contribution is 2.38. The first-order valence-corrected chi connectivity index (χ1v) is 20.3. The second kappa shape index (κ2) is 18.7. The number of ether oxygens (including phenoxy) is 5. The molecule has 0 bridgehead atoms. The van der Waals surface area contributed by atoms with Crippen LogP contribution < -0.4 is 14.5 Å². The SMILES string of the molecule is Cc1ccc(N(c2ccc(C)cc2)c2ccc(Oc3ccc(N(c4ccc(COC5CCCCO5)cc4)c4ccc(COC5CCCCO5)cc4)cc3)cc2)cc1. The summed E-state index contributed by atoms with van der Waals surface area (Å²) < 4.78 is 30.1. The van der Waals surface area contributed by atoms with Crippen molar-refractivity contribution in [3.63, 3.8) is 0 Å². The number of anilines is 6. The molecule has 6 aromatic rings. The largest absolute Gasteiger partial charge is 0.457 e. The lowest BCUT2D eigenvalue weighted by molar-refractivity contribution is -0.169. The first kappa shape index (κ1) is 38.4. The van der Waals surface area contributed by atoms with Gasteiger partial charge in [0, 0.05) is 47.3 Å². The standard InChI is InChI=1S/C50H52N2O5/c1-37-9-17-41(18-10-37)51(42-19-11-38(2)12-20-42)45-25-29-47(30-26-45)57-48-31-27-46(28-32-48)52(43-21-13-39(14-22-43)35-55-49-7-3-5-33-53-49)44-23-15-40(16-24-44)36-56-50-8-4-6-34-54-50/h9-32,49-50H,3-8,33-36H2,1-2H3. The molecule has 2 heterocycles. The third kappa shape index (κ3) is 10.1. The van der Waals surface area contributed by atoms with Crippen molar-refractivity contribution >= 4 is 34.1 Å². The predicted molar refractivity (Wildman–Crippen MR) is 229 cm³/mol. The summed E-state index contributed by atoms with van der Waals surface area (Å²) in [6, 6.07) is 51.0.